The van der Waals surface area contributed by atoms with Gasteiger partial charge < -0.3 is 14.2 Å². The molecular formula is C31H28N2O9S4. The standard InChI is InChI=1S/C31H28N2O9S4/c1-33(2)28-12-6-11-26-25(28)10-7-13-29(26)46(40,41)42-22-16-14-21(15-17-22)18-27(31(34)35)32-45(38,39)30-19-24(20-43-30)44(36,37)23-8-4-3-5-9-23/h3-17,19-20,27,32H,18H2,1-2H3,(H,34,35)/t27-/m0/s1. The minimum atomic E-state index is -4.42. The highest BCUT2D eigenvalue weighted by atomic mass is 32.2. The van der Waals surface area contributed by atoms with Crippen molar-refractivity contribution < 1.29 is 39.3 Å². The van der Waals surface area contributed by atoms with Crippen molar-refractivity contribution in [2.24, 2.45) is 0 Å². The zero-order chi connectivity index (χ0) is 33.3. The van der Waals surface area contributed by atoms with Crippen LogP contribution in [0.5, 0.6) is 5.75 Å². The van der Waals surface area contributed by atoms with Crippen LogP contribution in [0.3, 0.4) is 0 Å². The van der Waals surface area contributed by atoms with E-state index in [0.29, 0.717) is 22.3 Å². The topological polar surface area (TPSA) is 164 Å². The third kappa shape index (κ3) is 6.93. The maximum absolute atomic E-state index is 13.3. The average Bonchev–Trinajstić information content (AvgIpc) is 3.54. The molecule has 0 aliphatic rings. The summed E-state index contributed by atoms with van der Waals surface area (Å²) in [6.07, 6.45) is -0.293. The molecule has 0 unspecified atom stereocenters. The van der Waals surface area contributed by atoms with Gasteiger partial charge in [0.05, 0.1) is 9.79 Å². The van der Waals surface area contributed by atoms with E-state index in [-0.39, 0.29) is 31.1 Å². The van der Waals surface area contributed by atoms with Gasteiger partial charge in [0, 0.05) is 35.9 Å². The second-order valence-electron chi connectivity index (χ2n) is 10.3. The number of fused-ring (bicyclic) bond motifs is 1. The molecule has 0 saturated heterocycles. The van der Waals surface area contributed by atoms with Gasteiger partial charge in [-0.15, -0.1) is 11.3 Å². The third-order valence-electron chi connectivity index (χ3n) is 6.95. The molecule has 0 amide bonds. The second-order valence-corrected chi connectivity index (χ2v) is 16.7. The Labute approximate surface area is 270 Å². The number of carboxylic acid groups (broad SMARTS) is 1. The summed E-state index contributed by atoms with van der Waals surface area (Å²) in [5, 5.41) is 12.2. The number of carboxylic acids is 1. The van der Waals surface area contributed by atoms with Crippen LogP contribution in [0.4, 0.5) is 5.69 Å². The number of sulfonamides is 1. The Balaban J connectivity index is 1.31. The van der Waals surface area contributed by atoms with Crippen molar-refractivity contribution in [3.63, 3.8) is 0 Å². The molecule has 0 aliphatic carbocycles. The number of anilines is 1. The number of carbonyl (C=O) groups is 1. The molecule has 0 aliphatic heterocycles. The molecule has 0 bridgehead atoms. The van der Waals surface area contributed by atoms with Gasteiger partial charge in [0.2, 0.25) is 9.84 Å². The molecule has 0 saturated carbocycles. The molecule has 4 aromatic carbocycles. The first-order valence-electron chi connectivity index (χ1n) is 13.6. The molecule has 0 spiro atoms. The smallest absolute Gasteiger partial charge is 0.339 e. The molecule has 15 heteroatoms. The van der Waals surface area contributed by atoms with Crippen LogP contribution < -0.4 is 13.8 Å². The monoisotopic (exact) mass is 700 g/mol. The number of hydrogen-bond acceptors (Lipinski definition) is 10. The number of sulfone groups is 1. The Kier molecular flexibility index (Phi) is 9.24. The van der Waals surface area contributed by atoms with Crippen LogP contribution in [0.1, 0.15) is 5.56 Å². The fourth-order valence-corrected chi connectivity index (χ4v) is 9.96. The summed E-state index contributed by atoms with van der Waals surface area (Å²) in [5.74, 6) is -1.49. The Bertz CT molecular complexity index is 2230. The normalized spacial score (nSPS) is 12.9. The van der Waals surface area contributed by atoms with Gasteiger partial charge in [-0.2, -0.15) is 13.1 Å². The lowest BCUT2D eigenvalue weighted by atomic mass is 10.1. The van der Waals surface area contributed by atoms with Crippen LogP contribution in [-0.4, -0.2) is 56.5 Å². The summed E-state index contributed by atoms with van der Waals surface area (Å²) in [4.78, 5) is 13.6. The van der Waals surface area contributed by atoms with Gasteiger partial charge in [0.25, 0.3) is 10.0 Å². The maximum Gasteiger partial charge on any atom is 0.339 e. The van der Waals surface area contributed by atoms with Gasteiger partial charge >= 0.3 is 16.1 Å². The van der Waals surface area contributed by atoms with E-state index in [9.17, 15) is 35.2 Å². The summed E-state index contributed by atoms with van der Waals surface area (Å²) in [7, 11) is -8.95. The molecule has 46 heavy (non-hydrogen) atoms. The molecule has 1 heterocycles. The van der Waals surface area contributed by atoms with Crippen LogP contribution in [-0.2, 0) is 41.2 Å². The van der Waals surface area contributed by atoms with E-state index >= 15 is 0 Å². The Morgan fingerprint density at radius 3 is 2.13 bits per heavy atom. The van der Waals surface area contributed by atoms with Gasteiger partial charge in [-0.1, -0.05) is 54.6 Å². The highest BCUT2D eigenvalue weighted by Crippen LogP contribution is 2.32. The lowest BCUT2D eigenvalue weighted by Crippen LogP contribution is -2.42. The van der Waals surface area contributed by atoms with Crippen LogP contribution in [0.15, 0.2) is 121 Å². The molecule has 2 N–H and O–H groups in total. The zero-order valence-electron chi connectivity index (χ0n) is 24.4. The minimum Gasteiger partial charge on any atom is -0.480 e. The molecule has 5 aromatic rings. The molecule has 240 valence electrons. The molecule has 0 fully saturated rings. The van der Waals surface area contributed by atoms with Crippen molar-refractivity contribution in [2.75, 3.05) is 19.0 Å². The van der Waals surface area contributed by atoms with E-state index < -0.39 is 42.0 Å². The lowest BCUT2D eigenvalue weighted by Gasteiger charge is -2.17. The molecular weight excluding hydrogens is 673 g/mol. The third-order valence-corrected chi connectivity index (χ3v) is 13.1. The van der Waals surface area contributed by atoms with Crippen molar-refractivity contribution in [2.45, 2.75) is 31.4 Å². The van der Waals surface area contributed by atoms with E-state index in [1.165, 1.54) is 47.8 Å². The van der Waals surface area contributed by atoms with Crippen molar-refractivity contribution in [3.05, 3.63) is 108 Å². The zero-order valence-corrected chi connectivity index (χ0v) is 27.7. The van der Waals surface area contributed by atoms with E-state index in [1.54, 1.807) is 36.4 Å². The van der Waals surface area contributed by atoms with Gasteiger partial charge in [-0.3, -0.25) is 4.79 Å². The summed E-state index contributed by atoms with van der Waals surface area (Å²) in [5.41, 5.74) is 1.21. The number of benzene rings is 4. The van der Waals surface area contributed by atoms with Crippen LogP contribution in [0.25, 0.3) is 10.8 Å². The van der Waals surface area contributed by atoms with Crippen LogP contribution in [0.2, 0.25) is 0 Å². The first kappa shape index (κ1) is 33.1. The summed E-state index contributed by atoms with van der Waals surface area (Å²) >= 11 is 0.648. The highest BCUT2D eigenvalue weighted by molar-refractivity contribution is 7.93. The number of rotatable bonds is 12. The molecule has 11 nitrogen and oxygen atoms in total. The highest BCUT2D eigenvalue weighted by Gasteiger charge is 2.29. The Morgan fingerprint density at radius 2 is 1.48 bits per heavy atom. The van der Waals surface area contributed by atoms with Crippen LogP contribution >= 0.6 is 11.3 Å². The van der Waals surface area contributed by atoms with E-state index in [2.05, 4.69) is 4.72 Å². The van der Waals surface area contributed by atoms with E-state index in [0.717, 1.165) is 17.1 Å². The van der Waals surface area contributed by atoms with Gasteiger partial charge in [-0.25, -0.2) is 16.8 Å². The SMILES string of the molecule is CN(C)c1cccc2c(S(=O)(=O)Oc3ccc(C[C@H](NS(=O)(=O)c4cc(S(=O)(=O)c5ccccc5)cs4)C(=O)O)cc3)cccc12. The first-order chi connectivity index (χ1) is 21.7. The second kappa shape index (κ2) is 12.8. The van der Waals surface area contributed by atoms with Gasteiger partial charge in [-0.05, 0) is 54.4 Å². The Hall–Kier alpha value is -4.28. The average molecular weight is 701 g/mol. The Morgan fingerprint density at radius 1 is 0.826 bits per heavy atom. The number of thiophene rings is 1. The molecule has 5 rings (SSSR count). The number of hydrogen-bond donors (Lipinski definition) is 2. The quantitative estimate of drug-likeness (QED) is 0.177. The lowest BCUT2D eigenvalue weighted by molar-refractivity contribution is -0.138. The molecule has 1 aromatic heterocycles. The van der Waals surface area contributed by atoms with Crippen LogP contribution in [0, 0.1) is 0 Å². The largest absolute Gasteiger partial charge is 0.480 e. The maximum atomic E-state index is 13.3. The van der Waals surface area contributed by atoms with Gasteiger partial charge in [0.1, 0.15) is 20.9 Å². The minimum absolute atomic E-state index is 0.0102. The fourth-order valence-electron chi connectivity index (χ4n) is 4.70. The van der Waals surface area contributed by atoms with Crippen molar-refractivity contribution in [1.29, 1.82) is 0 Å². The number of nitrogens with zero attached hydrogens (tertiary/aromatic N) is 1. The summed E-state index contributed by atoms with van der Waals surface area (Å²) < 4.78 is 85.6. The summed E-state index contributed by atoms with van der Waals surface area (Å²) in [6, 6.07) is 22.6. The summed E-state index contributed by atoms with van der Waals surface area (Å²) in [6.45, 7) is 0. The number of aliphatic carboxylic acids is 1. The van der Waals surface area contributed by atoms with E-state index in [1.807, 2.05) is 31.1 Å². The molecule has 1 atom stereocenters. The van der Waals surface area contributed by atoms with Crippen molar-refractivity contribution in [1.82, 2.24) is 4.72 Å². The molecule has 0 radical (unpaired) electrons. The van der Waals surface area contributed by atoms with Crippen molar-refractivity contribution in [3.8, 4) is 5.75 Å². The van der Waals surface area contributed by atoms with Gasteiger partial charge in [0.15, 0.2) is 0 Å². The fraction of sp³-hybridized carbons (Fsp3) is 0.129. The van der Waals surface area contributed by atoms with E-state index in [4.69, 9.17) is 4.18 Å². The first-order valence-corrected chi connectivity index (χ1v) is 18.8. The predicted molar refractivity (Wildman–Crippen MR) is 174 cm³/mol. The number of nitrogens with one attached hydrogen (secondary N) is 1. The predicted octanol–water partition coefficient (Wildman–Crippen LogP) is 4.54. The van der Waals surface area contributed by atoms with Crippen molar-refractivity contribution >= 4 is 63.7 Å².